The number of carbonyl (C=O) groups is 1. The number of likely N-dealkylation sites (N-methyl/N-ethyl adjacent to an activating group) is 1. The summed E-state index contributed by atoms with van der Waals surface area (Å²) in [5.74, 6) is 0.451. The summed E-state index contributed by atoms with van der Waals surface area (Å²) in [5.41, 5.74) is 0. The van der Waals surface area contributed by atoms with Gasteiger partial charge in [0.25, 0.3) is 0 Å². The number of nitrogens with one attached hydrogen (secondary N) is 1. The van der Waals surface area contributed by atoms with Gasteiger partial charge in [-0.3, -0.25) is 0 Å². The molecule has 0 unspecified atom stereocenters. The Morgan fingerprint density at radius 1 is 1.67 bits per heavy atom. The van der Waals surface area contributed by atoms with Gasteiger partial charge in [-0.15, -0.1) is 0 Å². The lowest BCUT2D eigenvalue weighted by molar-refractivity contribution is -0.110. The van der Waals surface area contributed by atoms with Crippen LogP contribution >= 0.6 is 0 Å². The Kier molecular flexibility index (Phi) is 4.32. The summed E-state index contributed by atoms with van der Waals surface area (Å²) in [6.45, 7) is 4.15. The molecule has 9 heavy (non-hydrogen) atoms. The van der Waals surface area contributed by atoms with E-state index in [4.69, 9.17) is 0 Å². The van der Waals surface area contributed by atoms with Crippen LogP contribution in [0.1, 0.15) is 20.3 Å². The van der Waals surface area contributed by atoms with Crippen molar-refractivity contribution in [3.63, 3.8) is 0 Å². The fourth-order valence-corrected chi connectivity index (χ4v) is 0.741. The molecule has 0 aromatic carbocycles. The Labute approximate surface area is 56.6 Å². The predicted molar refractivity (Wildman–Crippen MR) is 38.4 cm³/mol. The van der Waals surface area contributed by atoms with Gasteiger partial charge in [0.2, 0.25) is 0 Å². The number of carbonyl (C=O) groups excluding carboxylic acids is 1. The van der Waals surface area contributed by atoms with E-state index in [9.17, 15) is 4.79 Å². The average Bonchev–Trinajstić information content (AvgIpc) is 1.90. The van der Waals surface area contributed by atoms with Crippen LogP contribution in [0.15, 0.2) is 0 Å². The molecule has 0 fully saturated rings. The molecule has 54 valence electrons. The van der Waals surface area contributed by atoms with E-state index in [1.54, 1.807) is 0 Å². The number of hydrogen-bond acceptors (Lipinski definition) is 2. The minimum absolute atomic E-state index is 0.0370. The molecule has 2 heteroatoms. The predicted octanol–water partition coefficient (Wildman–Crippen LogP) is 0.819. The summed E-state index contributed by atoms with van der Waals surface area (Å²) in [5, 5.41) is 2.93. The van der Waals surface area contributed by atoms with Gasteiger partial charge in [-0.2, -0.15) is 0 Å². The number of aldehydes is 1. The van der Waals surface area contributed by atoms with Crippen LogP contribution in [0.3, 0.4) is 0 Å². The van der Waals surface area contributed by atoms with Crippen molar-refractivity contribution < 1.29 is 4.79 Å². The Morgan fingerprint density at radius 3 is 2.33 bits per heavy atom. The largest absolute Gasteiger partial charge is 0.311 e. The minimum atomic E-state index is 0.0370. The molecule has 0 aliphatic heterocycles. The van der Waals surface area contributed by atoms with Gasteiger partial charge in [0.15, 0.2) is 0 Å². The Bertz CT molecular complexity index is 83.0. The van der Waals surface area contributed by atoms with Crippen molar-refractivity contribution in [1.82, 2.24) is 5.32 Å². The van der Waals surface area contributed by atoms with Gasteiger partial charge < -0.3 is 10.1 Å². The second kappa shape index (κ2) is 4.50. The van der Waals surface area contributed by atoms with Crippen LogP contribution in [0.5, 0.6) is 0 Å². The number of hydrogen-bond donors (Lipinski definition) is 1. The van der Waals surface area contributed by atoms with Crippen molar-refractivity contribution in [2.24, 2.45) is 5.92 Å². The van der Waals surface area contributed by atoms with Gasteiger partial charge in [-0.25, -0.2) is 0 Å². The van der Waals surface area contributed by atoms with Crippen molar-refractivity contribution >= 4 is 6.29 Å². The first-order valence-corrected chi connectivity index (χ1v) is 3.38. The lowest BCUT2D eigenvalue weighted by Crippen LogP contribution is -2.32. The van der Waals surface area contributed by atoms with E-state index in [-0.39, 0.29) is 6.04 Å². The molecule has 0 amide bonds. The first-order chi connectivity index (χ1) is 4.26. The van der Waals surface area contributed by atoms with E-state index in [0.717, 1.165) is 12.7 Å². The highest BCUT2D eigenvalue weighted by atomic mass is 16.1. The van der Waals surface area contributed by atoms with Gasteiger partial charge in [0.1, 0.15) is 6.29 Å². The highest BCUT2D eigenvalue weighted by Gasteiger charge is 2.10. The van der Waals surface area contributed by atoms with Crippen LogP contribution in [0.2, 0.25) is 0 Å². The smallest absolute Gasteiger partial charge is 0.137 e. The van der Waals surface area contributed by atoms with Crippen molar-refractivity contribution in [2.75, 3.05) is 7.05 Å². The second-order valence-electron chi connectivity index (χ2n) is 2.34. The third-order valence-electron chi connectivity index (χ3n) is 1.74. The Balaban J connectivity index is 3.63. The molecule has 0 saturated heterocycles. The molecular formula is C7H15NO. The SMILES string of the molecule is CC[C@H](C)[C@@H](C=O)NC. The van der Waals surface area contributed by atoms with E-state index < -0.39 is 0 Å². The van der Waals surface area contributed by atoms with E-state index >= 15 is 0 Å². The molecule has 0 aliphatic rings. The summed E-state index contributed by atoms with van der Waals surface area (Å²) in [6, 6.07) is 0.0370. The van der Waals surface area contributed by atoms with E-state index in [1.165, 1.54) is 0 Å². The standard InChI is InChI=1S/C7H15NO/c1-4-6(2)7(5-9)8-3/h5-8H,4H2,1-3H3/t6-,7+/m0/s1. The van der Waals surface area contributed by atoms with Gasteiger partial charge in [-0.1, -0.05) is 20.3 Å². The van der Waals surface area contributed by atoms with Gasteiger partial charge in [-0.05, 0) is 13.0 Å². The second-order valence-corrected chi connectivity index (χ2v) is 2.34. The third-order valence-corrected chi connectivity index (χ3v) is 1.74. The van der Waals surface area contributed by atoms with Gasteiger partial charge >= 0.3 is 0 Å². The molecule has 0 radical (unpaired) electrons. The van der Waals surface area contributed by atoms with Crippen molar-refractivity contribution in [3.8, 4) is 0 Å². The molecule has 0 saturated carbocycles. The van der Waals surface area contributed by atoms with Crippen LogP contribution in [-0.2, 0) is 4.79 Å². The third kappa shape index (κ3) is 2.61. The highest BCUT2D eigenvalue weighted by molar-refractivity contribution is 5.57. The maximum atomic E-state index is 10.3. The fraction of sp³-hybridized carbons (Fsp3) is 0.857. The molecule has 0 rings (SSSR count). The topological polar surface area (TPSA) is 29.1 Å². The summed E-state index contributed by atoms with van der Waals surface area (Å²) >= 11 is 0. The van der Waals surface area contributed by atoms with Crippen LogP contribution in [-0.4, -0.2) is 19.4 Å². The van der Waals surface area contributed by atoms with Gasteiger partial charge in [0, 0.05) is 0 Å². The molecule has 0 heterocycles. The molecule has 0 aromatic rings. The molecule has 0 bridgehead atoms. The maximum absolute atomic E-state index is 10.3. The zero-order valence-electron chi connectivity index (χ0n) is 6.35. The molecule has 1 N–H and O–H groups in total. The van der Waals surface area contributed by atoms with E-state index in [0.29, 0.717) is 5.92 Å². The number of rotatable bonds is 4. The molecular weight excluding hydrogens is 114 g/mol. The molecule has 0 spiro atoms. The zero-order valence-corrected chi connectivity index (χ0v) is 6.35. The Morgan fingerprint density at radius 2 is 2.22 bits per heavy atom. The Hall–Kier alpha value is -0.370. The van der Waals surface area contributed by atoms with Crippen molar-refractivity contribution in [3.05, 3.63) is 0 Å². The first-order valence-electron chi connectivity index (χ1n) is 3.38. The zero-order chi connectivity index (χ0) is 7.28. The summed E-state index contributed by atoms with van der Waals surface area (Å²) < 4.78 is 0. The van der Waals surface area contributed by atoms with Crippen LogP contribution < -0.4 is 5.32 Å². The van der Waals surface area contributed by atoms with Crippen LogP contribution in [0.25, 0.3) is 0 Å². The first kappa shape index (κ1) is 8.63. The van der Waals surface area contributed by atoms with Gasteiger partial charge in [0.05, 0.1) is 6.04 Å². The van der Waals surface area contributed by atoms with E-state index in [2.05, 4.69) is 19.2 Å². The van der Waals surface area contributed by atoms with Crippen molar-refractivity contribution in [1.29, 1.82) is 0 Å². The quantitative estimate of drug-likeness (QED) is 0.569. The van der Waals surface area contributed by atoms with Crippen LogP contribution in [0, 0.1) is 5.92 Å². The highest BCUT2D eigenvalue weighted by Crippen LogP contribution is 2.03. The lowest BCUT2D eigenvalue weighted by atomic mass is 10.0. The van der Waals surface area contributed by atoms with E-state index in [1.807, 2.05) is 7.05 Å². The maximum Gasteiger partial charge on any atom is 0.137 e. The van der Waals surface area contributed by atoms with Crippen LogP contribution in [0.4, 0.5) is 0 Å². The van der Waals surface area contributed by atoms with Crippen molar-refractivity contribution in [2.45, 2.75) is 26.3 Å². The lowest BCUT2D eigenvalue weighted by Gasteiger charge is -2.14. The summed E-state index contributed by atoms with van der Waals surface area (Å²) in [6.07, 6.45) is 2.01. The molecule has 0 aromatic heterocycles. The minimum Gasteiger partial charge on any atom is -0.311 e. The fourth-order valence-electron chi connectivity index (χ4n) is 0.741. The average molecular weight is 129 g/mol. The molecule has 0 aliphatic carbocycles. The normalized spacial score (nSPS) is 16.8. The summed E-state index contributed by atoms with van der Waals surface area (Å²) in [7, 11) is 1.81. The molecule has 2 nitrogen and oxygen atoms in total. The monoisotopic (exact) mass is 129 g/mol. The molecule has 2 atom stereocenters. The summed E-state index contributed by atoms with van der Waals surface area (Å²) in [4.78, 5) is 10.3.